The SMILES string of the molecule is CCCNCCc1cccc(NC(C)=O)c1. The molecule has 0 aromatic heterocycles. The minimum Gasteiger partial charge on any atom is -0.326 e. The molecule has 88 valence electrons. The van der Waals surface area contributed by atoms with Crippen LogP contribution in [-0.2, 0) is 11.2 Å². The zero-order chi connectivity index (χ0) is 11.8. The van der Waals surface area contributed by atoms with Gasteiger partial charge in [0.15, 0.2) is 0 Å². The lowest BCUT2D eigenvalue weighted by Gasteiger charge is -2.06. The molecule has 1 aromatic carbocycles. The Bertz CT molecular complexity index is 336. The van der Waals surface area contributed by atoms with Crippen molar-refractivity contribution in [3.63, 3.8) is 0 Å². The Kier molecular flexibility index (Phi) is 5.57. The van der Waals surface area contributed by atoms with Crippen LogP contribution in [0.25, 0.3) is 0 Å². The number of nitrogens with one attached hydrogen (secondary N) is 2. The van der Waals surface area contributed by atoms with Gasteiger partial charge in [0.25, 0.3) is 0 Å². The van der Waals surface area contributed by atoms with Crippen LogP contribution >= 0.6 is 0 Å². The number of carbonyl (C=O) groups excluding carboxylic acids is 1. The lowest BCUT2D eigenvalue weighted by molar-refractivity contribution is -0.114. The monoisotopic (exact) mass is 220 g/mol. The molecule has 0 aliphatic heterocycles. The maximum Gasteiger partial charge on any atom is 0.221 e. The van der Waals surface area contributed by atoms with Gasteiger partial charge in [-0.25, -0.2) is 0 Å². The zero-order valence-corrected chi connectivity index (χ0v) is 10.0. The van der Waals surface area contributed by atoms with E-state index in [0.29, 0.717) is 0 Å². The molecule has 0 bridgehead atoms. The standard InChI is InChI=1S/C13H20N2O/c1-3-8-14-9-7-12-5-4-6-13(10-12)15-11(2)16/h4-6,10,14H,3,7-9H2,1-2H3,(H,15,16). The normalized spacial score (nSPS) is 10.1. The zero-order valence-electron chi connectivity index (χ0n) is 10.0. The van der Waals surface area contributed by atoms with Crippen LogP contribution in [0, 0.1) is 0 Å². The fourth-order valence-corrected chi connectivity index (χ4v) is 1.54. The molecule has 0 heterocycles. The van der Waals surface area contributed by atoms with Crippen molar-refractivity contribution in [3.8, 4) is 0 Å². The summed E-state index contributed by atoms with van der Waals surface area (Å²) in [5, 5.41) is 6.14. The summed E-state index contributed by atoms with van der Waals surface area (Å²) in [5.41, 5.74) is 2.12. The van der Waals surface area contributed by atoms with Crippen LogP contribution in [0.15, 0.2) is 24.3 Å². The molecule has 1 amide bonds. The molecule has 2 N–H and O–H groups in total. The average molecular weight is 220 g/mol. The fraction of sp³-hybridized carbons (Fsp3) is 0.462. The van der Waals surface area contributed by atoms with E-state index in [1.54, 1.807) is 0 Å². The van der Waals surface area contributed by atoms with E-state index in [2.05, 4.69) is 23.6 Å². The van der Waals surface area contributed by atoms with E-state index in [4.69, 9.17) is 0 Å². The van der Waals surface area contributed by atoms with Gasteiger partial charge in [0.1, 0.15) is 0 Å². The van der Waals surface area contributed by atoms with Gasteiger partial charge in [0.05, 0.1) is 0 Å². The van der Waals surface area contributed by atoms with Gasteiger partial charge in [0, 0.05) is 12.6 Å². The summed E-state index contributed by atoms with van der Waals surface area (Å²) in [5.74, 6) is -0.0266. The number of benzene rings is 1. The number of hydrogen-bond donors (Lipinski definition) is 2. The van der Waals surface area contributed by atoms with Gasteiger partial charge in [-0.05, 0) is 43.6 Å². The third-order valence-corrected chi connectivity index (χ3v) is 2.26. The van der Waals surface area contributed by atoms with Crippen LogP contribution < -0.4 is 10.6 Å². The van der Waals surface area contributed by atoms with Crippen molar-refractivity contribution >= 4 is 11.6 Å². The van der Waals surface area contributed by atoms with Crippen LogP contribution in [0.4, 0.5) is 5.69 Å². The highest BCUT2D eigenvalue weighted by atomic mass is 16.1. The summed E-state index contributed by atoms with van der Waals surface area (Å²) >= 11 is 0. The molecule has 3 heteroatoms. The van der Waals surface area contributed by atoms with Crippen molar-refractivity contribution in [1.82, 2.24) is 5.32 Å². The molecule has 16 heavy (non-hydrogen) atoms. The molecule has 0 saturated carbocycles. The van der Waals surface area contributed by atoms with Crippen LogP contribution in [0.3, 0.4) is 0 Å². The lowest BCUT2D eigenvalue weighted by atomic mass is 10.1. The predicted molar refractivity (Wildman–Crippen MR) is 67.6 cm³/mol. The topological polar surface area (TPSA) is 41.1 Å². The van der Waals surface area contributed by atoms with E-state index in [-0.39, 0.29) is 5.91 Å². The smallest absolute Gasteiger partial charge is 0.221 e. The maximum absolute atomic E-state index is 10.9. The quantitative estimate of drug-likeness (QED) is 0.721. The van der Waals surface area contributed by atoms with Gasteiger partial charge in [-0.3, -0.25) is 4.79 Å². The number of rotatable bonds is 6. The highest BCUT2D eigenvalue weighted by Gasteiger charge is 1.97. The second kappa shape index (κ2) is 7.01. The Labute approximate surface area is 97.2 Å². The van der Waals surface area contributed by atoms with E-state index in [1.165, 1.54) is 12.5 Å². The van der Waals surface area contributed by atoms with E-state index in [9.17, 15) is 4.79 Å². The summed E-state index contributed by atoms with van der Waals surface area (Å²) in [4.78, 5) is 10.9. The molecule has 0 radical (unpaired) electrons. The first-order valence-corrected chi connectivity index (χ1v) is 5.79. The molecule has 1 aromatic rings. The highest BCUT2D eigenvalue weighted by molar-refractivity contribution is 5.88. The fourth-order valence-electron chi connectivity index (χ4n) is 1.54. The van der Waals surface area contributed by atoms with Crippen molar-refractivity contribution in [2.75, 3.05) is 18.4 Å². The van der Waals surface area contributed by atoms with E-state index < -0.39 is 0 Å². The molecule has 0 saturated heterocycles. The molecule has 1 rings (SSSR count). The van der Waals surface area contributed by atoms with E-state index in [1.807, 2.05) is 18.2 Å². The summed E-state index contributed by atoms with van der Waals surface area (Å²) in [7, 11) is 0. The van der Waals surface area contributed by atoms with Crippen LogP contribution in [0.1, 0.15) is 25.8 Å². The number of carbonyl (C=O) groups is 1. The van der Waals surface area contributed by atoms with Gasteiger partial charge in [0.2, 0.25) is 5.91 Å². The summed E-state index contributed by atoms with van der Waals surface area (Å²) in [6.45, 7) is 5.72. The Morgan fingerprint density at radius 3 is 2.81 bits per heavy atom. The molecule has 0 spiro atoms. The van der Waals surface area contributed by atoms with Crippen molar-refractivity contribution in [2.24, 2.45) is 0 Å². The van der Waals surface area contributed by atoms with E-state index in [0.717, 1.165) is 31.6 Å². The van der Waals surface area contributed by atoms with Crippen molar-refractivity contribution < 1.29 is 4.79 Å². The molecule has 3 nitrogen and oxygen atoms in total. The van der Waals surface area contributed by atoms with Gasteiger partial charge < -0.3 is 10.6 Å². The summed E-state index contributed by atoms with van der Waals surface area (Å²) < 4.78 is 0. The van der Waals surface area contributed by atoms with E-state index >= 15 is 0 Å². The Morgan fingerprint density at radius 1 is 1.31 bits per heavy atom. The summed E-state index contributed by atoms with van der Waals surface area (Å²) in [6.07, 6.45) is 2.15. The third-order valence-electron chi connectivity index (χ3n) is 2.26. The minimum absolute atomic E-state index is 0.0266. The number of anilines is 1. The first-order chi connectivity index (χ1) is 7.72. The molecule has 0 aliphatic rings. The molecular formula is C13H20N2O. The van der Waals surface area contributed by atoms with Crippen molar-refractivity contribution in [3.05, 3.63) is 29.8 Å². The predicted octanol–water partition coefficient (Wildman–Crippen LogP) is 2.19. The number of hydrogen-bond acceptors (Lipinski definition) is 2. The van der Waals surface area contributed by atoms with Crippen molar-refractivity contribution in [1.29, 1.82) is 0 Å². The van der Waals surface area contributed by atoms with Crippen LogP contribution in [0.5, 0.6) is 0 Å². The van der Waals surface area contributed by atoms with Crippen molar-refractivity contribution in [2.45, 2.75) is 26.7 Å². The number of amides is 1. The molecule has 0 unspecified atom stereocenters. The Morgan fingerprint density at radius 2 is 2.12 bits per heavy atom. The molecule has 0 aliphatic carbocycles. The lowest BCUT2D eigenvalue weighted by Crippen LogP contribution is -2.17. The second-order valence-corrected chi connectivity index (χ2v) is 3.88. The molecule has 0 fully saturated rings. The van der Waals surface area contributed by atoms with Gasteiger partial charge in [-0.2, -0.15) is 0 Å². The first kappa shape index (κ1) is 12.7. The van der Waals surface area contributed by atoms with Gasteiger partial charge in [-0.1, -0.05) is 19.1 Å². The highest BCUT2D eigenvalue weighted by Crippen LogP contribution is 2.10. The minimum atomic E-state index is -0.0266. The largest absolute Gasteiger partial charge is 0.326 e. The Hall–Kier alpha value is -1.35. The molecular weight excluding hydrogens is 200 g/mol. The first-order valence-electron chi connectivity index (χ1n) is 5.79. The van der Waals surface area contributed by atoms with Gasteiger partial charge in [-0.15, -0.1) is 0 Å². The molecule has 0 atom stereocenters. The van der Waals surface area contributed by atoms with Crippen LogP contribution in [0.2, 0.25) is 0 Å². The average Bonchev–Trinajstić information content (AvgIpc) is 2.24. The van der Waals surface area contributed by atoms with Gasteiger partial charge >= 0.3 is 0 Å². The maximum atomic E-state index is 10.9. The van der Waals surface area contributed by atoms with Crippen LogP contribution in [-0.4, -0.2) is 19.0 Å². The summed E-state index contributed by atoms with van der Waals surface area (Å²) in [6, 6.07) is 7.98. The Balaban J connectivity index is 2.44. The second-order valence-electron chi connectivity index (χ2n) is 3.88. The third kappa shape index (κ3) is 4.94.